The minimum absolute atomic E-state index is 0.357. The second-order valence-corrected chi connectivity index (χ2v) is 10.7. The van der Waals surface area contributed by atoms with E-state index in [0.29, 0.717) is 23.9 Å². The highest BCUT2D eigenvalue weighted by molar-refractivity contribution is 8.89. The normalized spacial score (nSPS) is 27.8. The summed E-state index contributed by atoms with van der Waals surface area (Å²) >= 11 is 11.4. The predicted molar refractivity (Wildman–Crippen MR) is 120 cm³/mol. The molecular formula is C18H28N2S4. The van der Waals surface area contributed by atoms with Gasteiger partial charge >= 0.3 is 0 Å². The summed E-state index contributed by atoms with van der Waals surface area (Å²) in [6, 6.07) is 0.714. The SMILES string of the molecule is CC(C)N=C1CCC[C@@H]1C(=S)SSC(=S)[C@@H]1CCCC1=NC(C)C. The first-order chi connectivity index (χ1) is 11.4. The summed E-state index contributed by atoms with van der Waals surface area (Å²) in [5, 5.41) is 0. The first-order valence-corrected chi connectivity index (χ1v) is 11.9. The van der Waals surface area contributed by atoms with E-state index in [1.807, 2.05) is 0 Å². The Balaban J connectivity index is 1.90. The van der Waals surface area contributed by atoms with Gasteiger partial charge in [-0.2, -0.15) is 0 Å². The maximum Gasteiger partial charge on any atom is 0.0677 e. The van der Waals surface area contributed by atoms with Crippen LogP contribution in [0.4, 0.5) is 0 Å². The average Bonchev–Trinajstić information content (AvgIpc) is 3.12. The molecule has 0 aliphatic heterocycles. The van der Waals surface area contributed by atoms with Crippen molar-refractivity contribution in [1.29, 1.82) is 0 Å². The van der Waals surface area contributed by atoms with E-state index in [4.69, 9.17) is 34.4 Å². The van der Waals surface area contributed by atoms with Crippen molar-refractivity contribution in [2.75, 3.05) is 0 Å². The van der Waals surface area contributed by atoms with Gasteiger partial charge in [0.1, 0.15) is 0 Å². The first-order valence-electron chi connectivity index (χ1n) is 8.93. The van der Waals surface area contributed by atoms with Crippen molar-refractivity contribution < 1.29 is 0 Å². The Labute approximate surface area is 165 Å². The van der Waals surface area contributed by atoms with E-state index in [1.165, 1.54) is 24.3 Å². The van der Waals surface area contributed by atoms with Crippen molar-refractivity contribution in [3.8, 4) is 0 Å². The van der Waals surface area contributed by atoms with Gasteiger partial charge in [0.05, 0.1) is 8.39 Å². The topological polar surface area (TPSA) is 24.7 Å². The Hall–Kier alpha value is 0.220. The monoisotopic (exact) mass is 400 g/mol. The lowest BCUT2D eigenvalue weighted by Gasteiger charge is -2.16. The molecule has 0 saturated heterocycles. The molecule has 0 aromatic carbocycles. The zero-order chi connectivity index (χ0) is 17.7. The highest BCUT2D eigenvalue weighted by atomic mass is 33.1. The van der Waals surface area contributed by atoms with Crippen molar-refractivity contribution in [2.45, 2.75) is 78.3 Å². The molecule has 0 amide bonds. The molecule has 0 N–H and O–H groups in total. The van der Waals surface area contributed by atoms with Crippen LogP contribution in [0.3, 0.4) is 0 Å². The fraction of sp³-hybridized carbons (Fsp3) is 0.778. The number of hydrogen-bond acceptors (Lipinski definition) is 6. The van der Waals surface area contributed by atoms with Crippen LogP contribution in [0.15, 0.2) is 9.98 Å². The average molecular weight is 401 g/mol. The van der Waals surface area contributed by atoms with Crippen LogP contribution in [-0.4, -0.2) is 31.9 Å². The molecule has 2 saturated carbocycles. The standard InChI is InChI=1S/C18H28N2S4/c1-11(2)19-15-9-5-7-13(15)17(21)23-24-18(22)14-8-6-10-16(14)20-12(3)4/h11-14H,5-10H2,1-4H3/t13-,14+. The van der Waals surface area contributed by atoms with Crippen molar-refractivity contribution in [2.24, 2.45) is 21.8 Å². The molecule has 2 aliphatic carbocycles. The van der Waals surface area contributed by atoms with E-state index >= 15 is 0 Å². The Morgan fingerprint density at radius 1 is 0.833 bits per heavy atom. The number of rotatable bonds is 4. The molecule has 2 aliphatic rings. The van der Waals surface area contributed by atoms with E-state index in [9.17, 15) is 0 Å². The van der Waals surface area contributed by atoms with E-state index in [2.05, 4.69) is 27.7 Å². The van der Waals surface area contributed by atoms with Crippen LogP contribution in [0, 0.1) is 11.8 Å². The third-order valence-electron chi connectivity index (χ3n) is 4.28. The molecule has 0 radical (unpaired) electrons. The van der Waals surface area contributed by atoms with Gasteiger partial charge in [-0.05, 0) is 87.8 Å². The Kier molecular flexibility index (Phi) is 8.38. The summed E-state index contributed by atoms with van der Waals surface area (Å²) in [7, 11) is 3.38. The number of thiocarbonyl (C=S) groups is 2. The molecule has 2 nitrogen and oxygen atoms in total. The summed E-state index contributed by atoms with van der Waals surface area (Å²) in [6.07, 6.45) is 6.92. The van der Waals surface area contributed by atoms with Crippen LogP contribution in [-0.2, 0) is 0 Å². The first kappa shape index (κ1) is 20.5. The van der Waals surface area contributed by atoms with Gasteiger partial charge in [0.2, 0.25) is 0 Å². The predicted octanol–water partition coefficient (Wildman–Crippen LogP) is 6.32. The fourth-order valence-electron chi connectivity index (χ4n) is 3.33. The summed E-state index contributed by atoms with van der Waals surface area (Å²) in [5.74, 6) is 0.741. The molecule has 2 atom stereocenters. The smallest absolute Gasteiger partial charge is 0.0677 e. The van der Waals surface area contributed by atoms with Crippen LogP contribution in [0.2, 0.25) is 0 Å². The van der Waals surface area contributed by atoms with E-state index in [0.717, 1.165) is 34.1 Å². The molecule has 134 valence electrons. The zero-order valence-corrected chi connectivity index (χ0v) is 18.3. The van der Waals surface area contributed by atoms with Crippen LogP contribution >= 0.6 is 46.0 Å². The molecule has 0 spiro atoms. The number of hydrogen-bond donors (Lipinski definition) is 0. The highest BCUT2D eigenvalue weighted by Gasteiger charge is 2.30. The maximum atomic E-state index is 5.71. The van der Waals surface area contributed by atoms with Crippen LogP contribution in [0.5, 0.6) is 0 Å². The summed E-state index contributed by atoms with van der Waals surface area (Å²) in [5.41, 5.74) is 2.61. The van der Waals surface area contributed by atoms with Gasteiger partial charge in [-0.1, -0.05) is 24.4 Å². The van der Waals surface area contributed by atoms with Crippen LogP contribution in [0.25, 0.3) is 0 Å². The molecule has 2 rings (SSSR count). The Morgan fingerprint density at radius 2 is 1.21 bits per heavy atom. The van der Waals surface area contributed by atoms with Crippen molar-refractivity contribution in [3.05, 3.63) is 0 Å². The van der Waals surface area contributed by atoms with Crippen molar-refractivity contribution in [1.82, 2.24) is 0 Å². The third kappa shape index (κ3) is 5.89. The quantitative estimate of drug-likeness (QED) is 0.407. The Morgan fingerprint density at radius 3 is 1.54 bits per heavy atom. The minimum atomic E-state index is 0.357. The van der Waals surface area contributed by atoms with Gasteiger partial charge in [-0.15, -0.1) is 0 Å². The van der Waals surface area contributed by atoms with Gasteiger partial charge in [0, 0.05) is 35.3 Å². The van der Waals surface area contributed by atoms with Crippen molar-refractivity contribution in [3.63, 3.8) is 0 Å². The summed E-state index contributed by atoms with van der Waals surface area (Å²) < 4.78 is 2.11. The summed E-state index contributed by atoms with van der Waals surface area (Å²) in [6.45, 7) is 8.55. The molecule has 0 heterocycles. The molecule has 2 fully saturated rings. The number of aliphatic imine (C=N–C) groups is 2. The second kappa shape index (κ2) is 9.79. The third-order valence-corrected chi connectivity index (χ3v) is 8.29. The van der Waals surface area contributed by atoms with E-state index < -0.39 is 0 Å². The van der Waals surface area contributed by atoms with Gasteiger partial charge in [0.15, 0.2) is 0 Å². The van der Waals surface area contributed by atoms with Gasteiger partial charge in [0.25, 0.3) is 0 Å². The van der Waals surface area contributed by atoms with Crippen LogP contribution < -0.4 is 0 Å². The lowest BCUT2D eigenvalue weighted by Crippen LogP contribution is -2.17. The maximum absolute atomic E-state index is 5.71. The van der Waals surface area contributed by atoms with Gasteiger partial charge in [-0.3, -0.25) is 9.98 Å². The minimum Gasteiger partial charge on any atom is -0.291 e. The molecular weight excluding hydrogens is 372 g/mol. The Bertz CT molecular complexity index is 489. The summed E-state index contributed by atoms with van der Waals surface area (Å²) in [4.78, 5) is 9.57. The molecule has 0 aromatic heterocycles. The molecule has 6 heteroatoms. The zero-order valence-electron chi connectivity index (χ0n) is 15.1. The molecule has 0 bridgehead atoms. The molecule has 0 unspecified atom stereocenters. The van der Waals surface area contributed by atoms with E-state index in [1.54, 1.807) is 21.6 Å². The fourth-order valence-corrected chi connectivity index (χ4v) is 6.55. The second-order valence-electron chi connectivity index (χ2n) is 7.12. The lowest BCUT2D eigenvalue weighted by atomic mass is 10.1. The van der Waals surface area contributed by atoms with Crippen molar-refractivity contribution >= 4 is 65.8 Å². The van der Waals surface area contributed by atoms with Gasteiger partial charge in [-0.25, -0.2) is 0 Å². The van der Waals surface area contributed by atoms with Crippen LogP contribution in [0.1, 0.15) is 66.2 Å². The van der Waals surface area contributed by atoms with E-state index in [-0.39, 0.29) is 0 Å². The lowest BCUT2D eigenvalue weighted by molar-refractivity contribution is 0.811. The largest absolute Gasteiger partial charge is 0.291 e. The van der Waals surface area contributed by atoms with Gasteiger partial charge < -0.3 is 0 Å². The number of nitrogens with zero attached hydrogens (tertiary/aromatic N) is 2. The highest BCUT2D eigenvalue weighted by Crippen LogP contribution is 2.39. The molecule has 24 heavy (non-hydrogen) atoms. The molecule has 0 aromatic rings.